The summed E-state index contributed by atoms with van der Waals surface area (Å²) in [6.07, 6.45) is 1.48. The molecule has 0 saturated heterocycles. The standard InChI is InChI=1S/C34H34BrNO6/c1-20-31(34(38)42-15-14-21-8-6-5-7-9-21)32(25-19-24(35)11-13-28(25)39-2)33-26(36-20)16-23(17-27(33)37)22-10-12-29(40-3)30(18-22)41-4/h5-13,18-19,23,32,36H,14-17H2,1-4H3/t23-,32-/m1/s1. The monoisotopic (exact) mass is 631 g/mol. The van der Waals surface area contributed by atoms with Gasteiger partial charge >= 0.3 is 5.97 Å². The fraction of sp³-hybridized carbons (Fsp3) is 0.294. The molecule has 1 heterocycles. The summed E-state index contributed by atoms with van der Waals surface area (Å²) < 4.78 is 23.3. The third kappa shape index (κ3) is 5.95. The van der Waals surface area contributed by atoms with E-state index < -0.39 is 11.9 Å². The predicted octanol–water partition coefficient (Wildman–Crippen LogP) is 6.62. The Kier molecular flexibility index (Phi) is 9.02. The third-order valence-electron chi connectivity index (χ3n) is 7.90. The normalized spacial score (nSPS) is 18.3. The van der Waals surface area contributed by atoms with Gasteiger partial charge in [0.1, 0.15) is 5.75 Å². The van der Waals surface area contributed by atoms with Crippen LogP contribution in [0.25, 0.3) is 0 Å². The summed E-state index contributed by atoms with van der Waals surface area (Å²) in [6.45, 7) is 2.09. The number of benzene rings is 3. The highest BCUT2D eigenvalue weighted by atomic mass is 79.9. The quantitative estimate of drug-likeness (QED) is 0.266. The summed E-state index contributed by atoms with van der Waals surface area (Å²) in [5.41, 5.74) is 5.24. The van der Waals surface area contributed by atoms with Crippen LogP contribution in [0.4, 0.5) is 0 Å². The lowest BCUT2D eigenvalue weighted by atomic mass is 9.71. The molecule has 0 spiro atoms. The van der Waals surface area contributed by atoms with Crippen molar-refractivity contribution in [3.05, 3.63) is 110 Å². The first-order valence-corrected chi connectivity index (χ1v) is 14.6. The predicted molar refractivity (Wildman–Crippen MR) is 164 cm³/mol. The van der Waals surface area contributed by atoms with Crippen LogP contribution in [0, 0.1) is 0 Å². The van der Waals surface area contributed by atoms with Crippen molar-refractivity contribution in [1.29, 1.82) is 0 Å². The van der Waals surface area contributed by atoms with Crippen LogP contribution in [0.5, 0.6) is 17.2 Å². The van der Waals surface area contributed by atoms with Gasteiger partial charge in [-0.25, -0.2) is 4.79 Å². The molecule has 42 heavy (non-hydrogen) atoms. The van der Waals surface area contributed by atoms with E-state index in [1.165, 1.54) is 0 Å². The summed E-state index contributed by atoms with van der Waals surface area (Å²) in [6, 6.07) is 21.3. The van der Waals surface area contributed by atoms with E-state index in [2.05, 4.69) is 21.2 Å². The van der Waals surface area contributed by atoms with E-state index in [9.17, 15) is 9.59 Å². The Hall–Kier alpha value is -4.04. The van der Waals surface area contributed by atoms with E-state index in [0.29, 0.717) is 46.9 Å². The molecule has 0 fully saturated rings. The molecule has 0 saturated carbocycles. The number of hydrogen-bond donors (Lipinski definition) is 1. The first kappa shape index (κ1) is 29.5. The summed E-state index contributed by atoms with van der Waals surface area (Å²) in [5.74, 6) is 0.649. The highest BCUT2D eigenvalue weighted by molar-refractivity contribution is 9.10. The number of hydrogen-bond acceptors (Lipinski definition) is 7. The van der Waals surface area contributed by atoms with Gasteiger partial charge in [-0.3, -0.25) is 4.79 Å². The van der Waals surface area contributed by atoms with Crippen LogP contribution < -0.4 is 19.5 Å². The molecular weight excluding hydrogens is 598 g/mol. The minimum Gasteiger partial charge on any atom is -0.496 e. The maximum absolute atomic E-state index is 14.1. The second kappa shape index (κ2) is 12.9. The van der Waals surface area contributed by atoms with Gasteiger partial charge in [-0.2, -0.15) is 0 Å². The second-order valence-electron chi connectivity index (χ2n) is 10.4. The number of methoxy groups -OCH3 is 3. The van der Waals surface area contributed by atoms with E-state index in [1.54, 1.807) is 21.3 Å². The molecule has 8 heteroatoms. The fourth-order valence-corrected chi connectivity index (χ4v) is 6.26. The molecule has 1 aliphatic carbocycles. The number of carbonyl (C=O) groups is 2. The Balaban J connectivity index is 1.51. The van der Waals surface area contributed by atoms with Gasteiger partial charge in [0, 0.05) is 39.8 Å². The first-order valence-electron chi connectivity index (χ1n) is 13.8. The van der Waals surface area contributed by atoms with Crippen molar-refractivity contribution in [3.8, 4) is 17.2 Å². The van der Waals surface area contributed by atoms with Crippen molar-refractivity contribution < 1.29 is 28.5 Å². The first-order chi connectivity index (χ1) is 20.3. The van der Waals surface area contributed by atoms with Gasteiger partial charge in [-0.05, 0) is 60.7 Å². The van der Waals surface area contributed by atoms with Gasteiger partial charge in [0.05, 0.1) is 39.4 Å². The van der Waals surface area contributed by atoms with Gasteiger partial charge in [0.25, 0.3) is 0 Å². The van der Waals surface area contributed by atoms with E-state index in [1.807, 2.05) is 73.7 Å². The van der Waals surface area contributed by atoms with Crippen LogP contribution in [-0.2, 0) is 20.7 Å². The van der Waals surface area contributed by atoms with Gasteiger partial charge in [-0.15, -0.1) is 0 Å². The lowest BCUT2D eigenvalue weighted by Gasteiger charge is -2.37. The van der Waals surface area contributed by atoms with Crippen molar-refractivity contribution >= 4 is 27.7 Å². The smallest absolute Gasteiger partial charge is 0.336 e. The Morgan fingerprint density at radius 2 is 1.62 bits per heavy atom. The summed E-state index contributed by atoms with van der Waals surface area (Å²) in [5, 5.41) is 3.42. The molecule has 0 unspecified atom stereocenters. The molecule has 1 aliphatic heterocycles. The number of allylic oxidation sites excluding steroid dienone is 3. The van der Waals surface area contributed by atoms with Crippen molar-refractivity contribution in [2.24, 2.45) is 0 Å². The van der Waals surface area contributed by atoms with Gasteiger partial charge in [-0.1, -0.05) is 52.3 Å². The van der Waals surface area contributed by atoms with Crippen LogP contribution in [-0.4, -0.2) is 39.7 Å². The average Bonchev–Trinajstić information content (AvgIpc) is 3.00. The van der Waals surface area contributed by atoms with Crippen molar-refractivity contribution in [3.63, 3.8) is 0 Å². The molecule has 218 valence electrons. The minimum absolute atomic E-state index is 0.0300. The molecule has 3 aromatic carbocycles. The lowest BCUT2D eigenvalue weighted by Crippen LogP contribution is -2.36. The lowest BCUT2D eigenvalue weighted by molar-refractivity contribution is -0.139. The molecular formula is C34H34BrNO6. The molecule has 1 N–H and O–H groups in total. The van der Waals surface area contributed by atoms with Crippen LogP contribution in [0.1, 0.15) is 48.3 Å². The minimum atomic E-state index is -0.642. The van der Waals surface area contributed by atoms with E-state index in [-0.39, 0.29) is 24.7 Å². The second-order valence-corrected chi connectivity index (χ2v) is 11.3. The van der Waals surface area contributed by atoms with Crippen molar-refractivity contribution in [2.45, 2.75) is 38.0 Å². The highest BCUT2D eigenvalue weighted by Crippen LogP contribution is 2.48. The number of carbonyl (C=O) groups excluding carboxylic acids is 2. The Morgan fingerprint density at radius 3 is 2.33 bits per heavy atom. The number of ether oxygens (including phenoxy) is 4. The zero-order chi connectivity index (χ0) is 29.8. The molecule has 3 aromatic rings. The average molecular weight is 633 g/mol. The maximum Gasteiger partial charge on any atom is 0.336 e. The zero-order valence-corrected chi connectivity index (χ0v) is 25.7. The van der Waals surface area contributed by atoms with Crippen molar-refractivity contribution in [1.82, 2.24) is 5.32 Å². The van der Waals surface area contributed by atoms with E-state index in [0.717, 1.165) is 26.9 Å². The van der Waals surface area contributed by atoms with Gasteiger partial charge in [0.15, 0.2) is 17.3 Å². The number of rotatable bonds is 9. The SMILES string of the molecule is COc1ccc([C@H]2CC(=O)C3=C(C2)NC(C)=C(C(=O)OCCc2ccccc2)[C@H]3c2cc(Br)ccc2OC)cc1OC. The Labute approximate surface area is 254 Å². The summed E-state index contributed by atoms with van der Waals surface area (Å²) in [4.78, 5) is 27.8. The summed E-state index contributed by atoms with van der Waals surface area (Å²) >= 11 is 3.57. The number of ketones is 1. The molecule has 0 radical (unpaired) electrons. The zero-order valence-electron chi connectivity index (χ0n) is 24.2. The highest BCUT2D eigenvalue weighted by Gasteiger charge is 2.42. The van der Waals surface area contributed by atoms with E-state index >= 15 is 0 Å². The number of Topliss-reactive ketones (excluding diaryl/α,β-unsaturated/α-hetero) is 1. The van der Waals surface area contributed by atoms with Crippen LogP contribution in [0.2, 0.25) is 0 Å². The molecule has 2 atom stereocenters. The van der Waals surface area contributed by atoms with Crippen LogP contribution >= 0.6 is 15.9 Å². The van der Waals surface area contributed by atoms with E-state index in [4.69, 9.17) is 18.9 Å². The molecule has 0 aromatic heterocycles. The molecule has 5 rings (SSSR count). The number of esters is 1. The van der Waals surface area contributed by atoms with Crippen molar-refractivity contribution in [2.75, 3.05) is 27.9 Å². The number of halogens is 1. The Bertz CT molecular complexity index is 1560. The molecule has 0 amide bonds. The fourth-order valence-electron chi connectivity index (χ4n) is 5.88. The van der Waals surface area contributed by atoms with Gasteiger partial charge < -0.3 is 24.3 Å². The number of dihydropyridines is 1. The molecule has 0 bridgehead atoms. The van der Waals surface area contributed by atoms with Gasteiger partial charge in [0.2, 0.25) is 0 Å². The van der Waals surface area contributed by atoms with Crippen LogP contribution in [0.15, 0.2) is 93.7 Å². The Morgan fingerprint density at radius 1 is 0.905 bits per heavy atom. The molecule has 7 nitrogen and oxygen atoms in total. The number of nitrogens with one attached hydrogen (secondary N) is 1. The largest absolute Gasteiger partial charge is 0.496 e. The van der Waals surface area contributed by atoms with Crippen LogP contribution in [0.3, 0.4) is 0 Å². The molecule has 2 aliphatic rings. The topological polar surface area (TPSA) is 83.1 Å². The third-order valence-corrected chi connectivity index (χ3v) is 8.39. The maximum atomic E-state index is 14.1. The summed E-state index contributed by atoms with van der Waals surface area (Å²) in [7, 11) is 4.79.